The second kappa shape index (κ2) is 11.3. The Morgan fingerprint density at radius 1 is 0.745 bits per heavy atom. The summed E-state index contributed by atoms with van der Waals surface area (Å²) in [5.41, 5.74) is 13.8. The molecule has 4 aliphatic rings. The Balaban J connectivity index is 1.14. The Hall–Kier alpha value is -5.59. The normalized spacial score (nSPS) is 19.9. The lowest BCUT2D eigenvalue weighted by molar-refractivity contribution is 0.650. The predicted octanol–water partition coefficient (Wildman–Crippen LogP) is 10.6. The van der Waals surface area contributed by atoms with E-state index >= 15 is 0 Å². The molecule has 9 rings (SSSR count). The van der Waals surface area contributed by atoms with Gasteiger partial charge in [-0.1, -0.05) is 103 Å². The SMILES string of the molecule is N#Cc1cccc(C2CC=C(n3c4c(c5ccccc53)CCC=C4)C=C2C2C=CC(n3c4c(c5ccccc53)C=CC=CC4)=CC2)c1. The van der Waals surface area contributed by atoms with Gasteiger partial charge in [0.05, 0.1) is 22.7 Å². The Bertz CT molecular complexity index is 2350. The number of nitriles is 1. The number of aryl methyl sites for hydroxylation is 1. The molecule has 0 bridgehead atoms. The molecule has 0 saturated heterocycles. The highest BCUT2D eigenvalue weighted by Crippen LogP contribution is 2.44. The highest BCUT2D eigenvalue weighted by Gasteiger charge is 2.29. The van der Waals surface area contributed by atoms with Crippen LogP contribution in [-0.2, 0) is 12.8 Å². The van der Waals surface area contributed by atoms with Crippen LogP contribution in [0.1, 0.15) is 58.8 Å². The van der Waals surface area contributed by atoms with E-state index in [1.54, 1.807) is 0 Å². The average Bonchev–Trinajstić information content (AvgIpc) is 3.52. The lowest BCUT2D eigenvalue weighted by atomic mass is 9.76. The molecule has 3 heteroatoms. The van der Waals surface area contributed by atoms with Gasteiger partial charge < -0.3 is 9.13 Å². The number of fused-ring (bicyclic) bond motifs is 6. The van der Waals surface area contributed by atoms with E-state index in [0.29, 0.717) is 0 Å². The second-order valence-electron chi connectivity index (χ2n) is 13.0. The molecule has 0 saturated carbocycles. The Kier molecular flexibility index (Phi) is 6.68. The molecule has 0 radical (unpaired) electrons. The molecule has 2 unspecified atom stereocenters. The van der Waals surface area contributed by atoms with E-state index in [0.717, 1.165) is 37.7 Å². The van der Waals surface area contributed by atoms with Crippen LogP contribution in [0.5, 0.6) is 0 Å². The maximum atomic E-state index is 9.74. The van der Waals surface area contributed by atoms with Gasteiger partial charge in [-0.25, -0.2) is 0 Å². The molecule has 0 amide bonds. The summed E-state index contributed by atoms with van der Waals surface area (Å²) in [5.74, 6) is 0.468. The van der Waals surface area contributed by atoms with Gasteiger partial charge in [-0.2, -0.15) is 5.26 Å². The summed E-state index contributed by atoms with van der Waals surface area (Å²) in [4.78, 5) is 0. The van der Waals surface area contributed by atoms with Crippen LogP contribution in [0.15, 0.2) is 133 Å². The highest BCUT2D eigenvalue weighted by molar-refractivity contribution is 5.95. The fourth-order valence-electron chi connectivity index (χ4n) is 8.28. The van der Waals surface area contributed by atoms with Crippen LogP contribution in [0.2, 0.25) is 0 Å². The lowest BCUT2D eigenvalue weighted by Crippen LogP contribution is -2.17. The molecular formula is C44H35N3. The third-order valence-electron chi connectivity index (χ3n) is 10.4. The van der Waals surface area contributed by atoms with Crippen molar-refractivity contribution < 1.29 is 0 Å². The van der Waals surface area contributed by atoms with E-state index in [1.807, 2.05) is 12.1 Å². The molecule has 3 aromatic carbocycles. The molecule has 2 heterocycles. The van der Waals surface area contributed by atoms with Crippen LogP contribution in [0, 0.1) is 17.2 Å². The number of allylic oxidation sites excluding steroid dienone is 12. The van der Waals surface area contributed by atoms with Gasteiger partial charge in [0.1, 0.15) is 0 Å². The minimum absolute atomic E-state index is 0.212. The number of rotatable bonds is 4. The van der Waals surface area contributed by atoms with E-state index < -0.39 is 0 Å². The first-order chi connectivity index (χ1) is 23.3. The quantitative estimate of drug-likeness (QED) is 0.201. The summed E-state index contributed by atoms with van der Waals surface area (Å²) in [5, 5.41) is 12.4. The van der Waals surface area contributed by atoms with Crippen molar-refractivity contribution in [2.75, 3.05) is 0 Å². The summed E-state index contributed by atoms with van der Waals surface area (Å²) in [6, 6.07) is 28.2. The molecular weight excluding hydrogens is 571 g/mol. The van der Waals surface area contributed by atoms with E-state index in [-0.39, 0.29) is 11.8 Å². The van der Waals surface area contributed by atoms with Crippen LogP contribution >= 0.6 is 0 Å². The Labute approximate surface area is 275 Å². The van der Waals surface area contributed by atoms with Crippen molar-refractivity contribution in [1.82, 2.24) is 9.13 Å². The van der Waals surface area contributed by atoms with Crippen LogP contribution < -0.4 is 0 Å². The molecule has 0 aliphatic heterocycles. The first-order valence-electron chi connectivity index (χ1n) is 16.8. The zero-order valence-corrected chi connectivity index (χ0v) is 26.3. The number of aromatic nitrogens is 2. The van der Waals surface area contributed by atoms with Gasteiger partial charge in [-0.3, -0.25) is 0 Å². The van der Waals surface area contributed by atoms with Crippen molar-refractivity contribution in [2.24, 2.45) is 5.92 Å². The van der Waals surface area contributed by atoms with Crippen LogP contribution in [0.4, 0.5) is 0 Å². The zero-order valence-electron chi connectivity index (χ0n) is 26.3. The van der Waals surface area contributed by atoms with Gasteiger partial charge in [0.25, 0.3) is 0 Å². The van der Waals surface area contributed by atoms with Crippen LogP contribution in [0.25, 0.3) is 45.4 Å². The van der Waals surface area contributed by atoms with E-state index in [1.165, 1.54) is 66.9 Å². The van der Waals surface area contributed by atoms with Crippen molar-refractivity contribution >= 4 is 45.4 Å². The highest BCUT2D eigenvalue weighted by atomic mass is 15.0. The van der Waals surface area contributed by atoms with Crippen LogP contribution in [0.3, 0.4) is 0 Å². The molecule has 2 aromatic heterocycles. The van der Waals surface area contributed by atoms with Gasteiger partial charge in [0.2, 0.25) is 0 Å². The average molecular weight is 606 g/mol. The minimum Gasteiger partial charge on any atom is -0.313 e. The maximum Gasteiger partial charge on any atom is 0.0991 e. The fraction of sp³-hybridized carbons (Fsp3) is 0.159. The zero-order chi connectivity index (χ0) is 31.3. The van der Waals surface area contributed by atoms with Crippen molar-refractivity contribution in [2.45, 2.75) is 38.0 Å². The first-order valence-corrected chi connectivity index (χ1v) is 16.8. The molecule has 2 atom stereocenters. The fourth-order valence-corrected chi connectivity index (χ4v) is 8.28. The van der Waals surface area contributed by atoms with Gasteiger partial charge in [-0.15, -0.1) is 0 Å². The minimum atomic E-state index is 0.212. The standard InChI is InChI=1S/C44H35N3/c45-29-30-11-10-12-32(27-30)35-26-25-34(47-43-19-8-5-15-38(43)39-16-6-9-20-44(39)47)28-40(35)31-21-23-33(24-22-31)46-41-17-3-1-2-13-36(41)37-14-4-7-18-42(37)46/h1-5,7-15,18-21,23-25,27-28,31,35H,6,16-17,22,26H2. The van der Waals surface area contributed by atoms with E-state index in [2.05, 4.69) is 143 Å². The van der Waals surface area contributed by atoms with Crippen molar-refractivity contribution in [1.29, 1.82) is 5.26 Å². The second-order valence-corrected chi connectivity index (χ2v) is 13.0. The predicted molar refractivity (Wildman–Crippen MR) is 195 cm³/mol. The van der Waals surface area contributed by atoms with E-state index in [9.17, 15) is 5.26 Å². The molecule has 5 aromatic rings. The van der Waals surface area contributed by atoms with Crippen molar-refractivity contribution in [3.63, 3.8) is 0 Å². The van der Waals surface area contributed by atoms with Gasteiger partial charge in [0, 0.05) is 57.4 Å². The van der Waals surface area contributed by atoms with Crippen molar-refractivity contribution in [3.05, 3.63) is 167 Å². The summed E-state index contributed by atoms with van der Waals surface area (Å²) in [6.45, 7) is 0. The summed E-state index contributed by atoms with van der Waals surface area (Å²) < 4.78 is 4.95. The third-order valence-corrected chi connectivity index (χ3v) is 10.4. The number of hydrogen-bond donors (Lipinski definition) is 0. The summed E-state index contributed by atoms with van der Waals surface area (Å²) in [6.07, 6.45) is 30.5. The molecule has 0 spiro atoms. The van der Waals surface area contributed by atoms with Crippen molar-refractivity contribution in [3.8, 4) is 6.07 Å². The summed E-state index contributed by atoms with van der Waals surface area (Å²) in [7, 11) is 0. The van der Waals surface area contributed by atoms with Gasteiger partial charge in [0.15, 0.2) is 0 Å². The molecule has 0 N–H and O–H groups in total. The van der Waals surface area contributed by atoms with Gasteiger partial charge >= 0.3 is 0 Å². The topological polar surface area (TPSA) is 33.6 Å². The van der Waals surface area contributed by atoms with E-state index in [4.69, 9.17) is 0 Å². The number of hydrogen-bond acceptors (Lipinski definition) is 1. The van der Waals surface area contributed by atoms with Gasteiger partial charge in [-0.05, 0) is 79.3 Å². The molecule has 3 nitrogen and oxygen atoms in total. The third kappa shape index (κ3) is 4.55. The monoisotopic (exact) mass is 605 g/mol. The molecule has 0 fully saturated rings. The lowest BCUT2D eigenvalue weighted by Gasteiger charge is -2.31. The largest absolute Gasteiger partial charge is 0.313 e. The molecule has 47 heavy (non-hydrogen) atoms. The Morgan fingerprint density at radius 3 is 2.43 bits per heavy atom. The first kappa shape index (κ1) is 27.7. The van der Waals surface area contributed by atoms with Crippen LogP contribution in [-0.4, -0.2) is 9.13 Å². The number of nitrogens with zero attached hydrogens (tertiary/aromatic N) is 3. The Morgan fingerprint density at radius 2 is 1.57 bits per heavy atom. The number of benzene rings is 3. The summed E-state index contributed by atoms with van der Waals surface area (Å²) >= 11 is 0. The number of para-hydroxylation sites is 2. The molecule has 4 aliphatic carbocycles. The smallest absolute Gasteiger partial charge is 0.0991 e. The maximum absolute atomic E-state index is 9.74. The molecule has 226 valence electrons.